The van der Waals surface area contributed by atoms with Gasteiger partial charge in [0.2, 0.25) is 0 Å². The Morgan fingerprint density at radius 3 is 2.91 bits per heavy atom. The number of likely N-dealkylation sites (tertiary alicyclic amines) is 1. The van der Waals surface area contributed by atoms with Gasteiger partial charge in [0, 0.05) is 15.6 Å². The summed E-state index contributed by atoms with van der Waals surface area (Å²) in [7, 11) is 0. The van der Waals surface area contributed by atoms with E-state index in [1.165, 1.54) is 6.07 Å². The third-order valence-corrected chi connectivity index (χ3v) is 6.16. The smallest absolute Gasteiger partial charge is 0.303 e. The van der Waals surface area contributed by atoms with Gasteiger partial charge < -0.3 is 4.90 Å². The van der Waals surface area contributed by atoms with Crippen molar-refractivity contribution in [1.29, 1.82) is 0 Å². The van der Waals surface area contributed by atoms with Gasteiger partial charge in [-0.2, -0.15) is 13.2 Å². The first-order valence-corrected chi connectivity index (χ1v) is 8.10. The molecule has 1 saturated carbocycles. The summed E-state index contributed by atoms with van der Waals surface area (Å²) in [5.41, 5.74) is 0.889. The molecular weight excluding hydrogens is 287 g/mol. The Morgan fingerprint density at radius 1 is 1.27 bits per heavy atom. The average molecular weight is 312 g/mol. The molecule has 1 heterocycles. The number of fused-ring (bicyclic) bond motifs is 1. The number of alkyl halides is 3. The summed E-state index contributed by atoms with van der Waals surface area (Å²) in [5, 5.41) is 0. The van der Waals surface area contributed by atoms with Crippen molar-refractivity contribution in [3.05, 3.63) is 34.9 Å². The highest BCUT2D eigenvalue weighted by molar-refractivity contribution is 5.44. The lowest BCUT2D eigenvalue weighted by Crippen LogP contribution is -2.59. The largest absolute Gasteiger partial charge is 0.416 e. The second-order valence-corrected chi connectivity index (χ2v) is 7.09. The Labute approximate surface area is 133 Å². The monoisotopic (exact) mass is 312 g/mol. The van der Waals surface area contributed by atoms with Gasteiger partial charge in [-0.3, -0.25) is 0 Å². The standard InChI is InChI=1S/C18H22F3N/c1-22-9-8-17-7-3-2-4-14(17)16(22)10-12-5-6-13(11-15(12)17)18(19,20)21/h5-6,11,14,16H,2-4,7-10H2,1H3/t14-,16+,17+/m1/s1/i1D3. The summed E-state index contributed by atoms with van der Waals surface area (Å²) in [5.74, 6) is 0.145. The maximum atomic E-state index is 13.2. The van der Waals surface area contributed by atoms with Crippen LogP contribution >= 0.6 is 0 Å². The van der Waals surface area contributed by atoms with Crippen LogP contribution in [0.5, 0.6) is 0 Å². The molecule has 1 aliphatic heterocycles. The highest BCUT2D eigenvalue weighted by Crippen LogP contribution is 2.56. The number of benzene rings is 1. The number of hydrogen-bond acceptors (Lipinski definition) is 1. The van der Waals surface area contributed by atoms with Gasteiger partial charge in [-0.15, -0.1) is 0 Å². The molecule has 120 valence electrons. The second kappa shape index (κ2) is 4.73. The Bertz CT molecular complexity index is 685. The molecule has 0 N–H and O–H groups in total. The minimum atomic E-state index is -4.34. The van der Waals surface area contributed by atoms with E-state index in [9.17, 15) is 13.2 Å². The van der Waals surface area contributed by atoms with E-state index in [1.807, 2.05) is 0 Å². The van der Waals surface area contributed by atoms with Gasteiger partial charge in [0.05, 0.1) is 5.56 Å². The summed E-state index contributed by atoms with van der Waals surface area (Å²) >= 11 is 0. The molecule has 0 spiro atoms. The van der Waals surface area contributed by atoms with Crippen molar-refractivity contribution in [2.75, 3.05) is 13.5 Å². The van der Waals surface area contributed by atoms with Crippen molar-refractivity contribution in [2.24, 2.45) is 5.92 Å². The molecule has 0 aromatic heterocycles. The van der Waals surface area contributed by atoms with Crippen molar-refractivity contribution in [3.63, 3.8) is 0 Å². The van der Waals surface area contributed by atoms with Gasteiger partial charge in [0.25, 0.3) is 0 Å². The first-order chi connectivity index (χ1) is 11.6. The predicted octanol–water partition coefficient (Wildman–Crippen LogP) is 4.39. The SMILES string of the molecule is [2H]C([2H])([2H])N1CC[C@@]23CCCC[C@@H]2[C@@H]1Cc1ccc(C(F)(F)F)cc13. The van der Waals surface area contributed by atoms with Crippen molar-refractivity contribution >= 4 is 0 Å². The van der Waals surface area contributed by atoms with Gasteiger partial charge in [-0.05, 0) is 68.4 Å². The first kappa shape index (κ1) is 11.5. The third-order valence-electron chi connectivity index (χ3n) is 6.16. The fourth-order valence-electron chi connectivity index (χ4n) is 5.18. The maximum Gasteiger partial charge on any atom is 0.416 e. The van der Waals surface area contributed by atoms with Crippen LogP contribution in [0.25, 0.3) is 0 Å². The number of nitrogens with zero attached hydrogens (tertiary/aromatic N) is 1. The Morgan fingerprint density at radius 2 is 2.14 bits per heavy atom. The normalized spacial score (nSPS) is 37.5. The molecule has 1 saturated heterocycles. The van der Waals surface area contributed by atoms with E-state index in [2.05, 4.69) is 0 Å². The van der Waals surface area contributed by atoms with E-state index in [0.29, 0.717) is 19.4 Å². The number of likely N-dealkylation sites (N-methyl/N-ethyl adjacent to an activating group) is 1. The molecule has 2 bridgehead atoms. The number of rotatable bonds is 0. The highest BCUT2D eigenvalue weighted by atomic mass is 19.4. The lowest BCUT2D eigenvalue weighted by Gasteiger charge is -2.58. The van der Waals surface area contributed by atoms with E-state index in [0.717, 1.165) is 42.9 Å². The van der Waals surface area contributed by atoms with Gasteiger partial charge in [-0.1, -0.05) is 18.9 Å². The van der Waals surface area contributed by atoms with Crippen LogP contribution < -0.4 is 0 Å². The summed E-state index contributed by atoms with van der Waals surface area (Å²) in [6, 6.07) is 4.00. The molecule has 2 fully saturated rings. The molecule has 4 rings (SSSR count). The zero-order chi connectivity index (χ0) is 18.0. The summed E-state index contributed by atoms with van der Waals surface area (Å²) in [4.78, 5) is 1.63. The van der Waals surface area contributed by atoms with E-state index >= 15 is 0 Å². The molecule has 3 aliphatic rings. The average Bonchev–Trinajstić information content (AvgIpc) is 2.52. The van der Waals surface area contributed by atoms with E-state index in [-0.39, 0.29) is 17.4 Å². The minimum absolute atomic E-state index is 0.0919. The van der Waals surface area contributed by atoms with Crippen LogP contribution in [-0.4, -0.2) is 24.5 Å². The topological polar surface area (TPSA) is 3.24 Å². The van der Waals surface area contributed by atoms with Crippen LogP contribution in [0.4, 0.5) is 13.2 Å². The number of piperidine rings is 1. The third kappa shape index (κ3) is 1.96. The van der Waals surface area contributed by atoms with Crippen molar-refractivity contribution in [1.82, 2.24) is 4.90 Å². The van der Waals surface area contributed by atoms with E-state index in [4.69, 9.17) is 4.11 Å². The van der Waals surface area contributed by atoms with Crippen LogP contribution in [0.3, 0.4) is 0 Å². The molecular formula is C18H22F3N. The Hall–Kier alpha value is -1.03. The molecule has 2 aliphatic carbocycles. The molecule has 3 atom stereocenters. The zero-order valence-electron chi connectivity index (χ0n) is 15.4. The van der Waals surface area contributed by atoms with Crippen LogP contribution in [0.15, 0.2) is 18.2 Å². The van der Waals surface area contributed by atoms with Crippen LogP contribution in [0, 0.1) is 5.92 Å². The maximum absolute atomic E-state index is 13.2. The molecule has 1 nitrogen and oxygen atoms in total. The van der Waals surface area contributed by atoms with Crippen LogP contribution in [0.2, 0.25) is 0 Å². The second-order valence-electron chi connectivity index (χ2n) is 7.09. The van der Waals surface area contributed by atoms with Gasteiger partial charge >= 0.3 is 6.18 Å². The molecule has 22 heavy (non-hydrogen) atoms. The molecule has 1 aromatic carbocycles. The number of halogens is 3. The van der Waals surface area contributed by atoms with E-state index < -0.39 is 18.7 Å². The Balaban J connectivity index is 1.84. The minimum Gasteiger partial charge on any atom is -0.303 e. The molecule has 1 aromatic rings. The quantitative estimate of drug-likeness (QED) is 0.686. The van der Waals surface area contributed by atoms with Crippen LogP contribution in [0.1, 0.15) is 52.9 Å². The van der Waals surface area contributed by atoms with Crippen molar-refractivity contribution in [2.45, 2.75) is 56.2 Å². The highest BCUT2D eigenvalue weighted by Gasteiger charge is 2.53. The lowest BCUT2D eigenvalue weighted by molar-refractivity contribution is -0.137. The lowest BCUT2D eigenvalue weighted by atomic mass is 9.52. The van der Waals surface area contributed by atoms with Crippen molar-refractivity contribution < 1.29 is 17.3 Å². The predicted molar refractivity (Wildman–Crippen MR) is 79.8 cm³/mol. The summed E-state index contributed by atoms with van der Waals surface area (Å²) in [6.07, 6.45) is 0.661. The molecule has 0 amide bonds. The van der Waals surface area contributed by atoms with Crippen molar-refractivity contribution in [3.8, 4) is 0 Å². The first-order valence-electron chi connectivity index (χ1n) is 9.60. The summed E-state index contributed by atoms with van der Waals surface area (Å²) < 4.78 is 63.3. The van der Waals surface area contributed by atoms with E-state index in [1.54, 1.807) is 11.0 Å². The Kier molecular flexibility index (Phi) is 2.47. The van der Waals surface area contributed by atoms with Gasteiger partial charge in [-0.25, -0.2) is 0 Å². The molecule has 4 heteroatoms. The van der Waals surface area contributed by atoms with Gasteiger partial charge in [0.1, 0.15) is 0 Å². The van der Waals surface area contributed by atoms with Crippen LogP contribution in [-0.2, 0) is 18.0 Å². The number of hydrogen-bond donors (Lipinski definition) is 0. The zero-order valence-corrected chi connectivity index (χ0v) is 12.4. The van der Waals surface area contributed by atoms with Gasteiger partial charge in [0.15, 0.2) is 0 Å². The fourth-order valence-corrected chi connectivity index (χ4v) is 5.18. The summed E-state index contributed by atoms with van der Waals surface area (Å²) in [6.45, 7) is -1.70. The fraction of sp³-hybridized carbons (Fsp3) is 0.667. The molecule has 0 radical (unpaired) electrons. The molecule has 0 unspecified atom stereocenters.